The highest BCUT2D eigenvalue weighted by molar-refractivity contribution is 7.97. The summed E-state index contributed by atoms with van der Waals surface area (Å²) in [6.07, 6.45) is 3.29. The minimum absolute atomic E-state index is 0.0465. The van der Waals surface area contributed by atoms with Crippen LogP contribution in [0, 0.1) is 5.92 Å². The quantitative estimate of drug-likeness (QED) is 0.390. The van der Waals surface area contributed by atoms with Gasteiger partial charge in [-0.2, -0.15) is 0 Å². The molecule has 6 nitrogen and oxygen atoms in total. The maximum Gasteiger partial charge on any atom is 0.257 e. The van der Waals surface area contributed by atoms with Crippen LogP contribution in [0.4, 0.5) is 0 Å². The molecular formula is C26H36N4O2S. The molecular weight excluding hydrogens is 432 g/mol. The molecule has 0 saturated carbocycles. The third-order valence-electron chi connectivity index (χ3n) is 6.32. The first-order valence-corrected chi connectivity index (χ1v) is 12.8. The van der Waals surface area contributed by atoms with Crippen molar-refractivity contribution in [2.24, 2.45) is 5.92 Å². The van der Waals surface area contributed by atoms with E-state index in [1.165, 1.54) is 17.5 Å². The summed E-state index contributed by atoms with van der Waals surface area (Å²) >= 11 is 1.68. The molecule has 2 N–H and O–H groups in total. The molecule has 2 aliphatic heterocycles. The van der Waals surface area contributed by atoms with Gasteiger partial charge in [0.25, 0.3) is 5.91 Å². The van der Waals surface area contributed by atoms with Crippen LogP contribution >= 0.6 is 11.9 Å². The van der Waals surface area contributed by atoms with Gasteiger partial charge in [0, 0.05) is 32.7 Å². The summed E-state index contributed by atoms with van der Waals surface area (Å²) in [5, 5.41) is 6.43. The van der Waals surface area contributed by atoms with Gasteiger partial charge in [0.05, 0.1) is 4.90 Å². The Labute approximate surface area is 202 Å². The standard InChI is InChI=1S/C26H36N4O2S/c1-29(18-21-11-14-27-17-21)33-25-10-5-4-9-24(25)32-20-26(31)28-13-6-15-30-16-12-22-7-2-3-8-23(22)19-30/h2-5,7-10,21,27H,6,11-20H2,1H3,(H,28,31). The number of hydrogen-bond donors (Lipinski definition) is 2. The predicted molar refractivity (Wildman–Crippen MR) is 134 cm³/mol. The Kier molecular flexibility index (Phi) is 9.06. The molecule has 2 aromatic rings. The molecule has 0 spiro atoms. The summed E-state index contributed by atoms with van der Waals surface area (Å²) in [5.41, 5.74) is 2.91. The van der Waals surface area contributed by atoms with Gasteiger partial charge < -0.3 is 15.4 Å². The van der Waals surface area contributed by atoms with Crippen molar-refractivity contribution in [2.45, 2.75) is 30.7 Å². The largest absolute Gasteiger partial charge is 0.483 e. The number of hydrogen-bond acceptors (Lipinski definition) is 6. The normalized spacial score (nSPS) is 18.3. The van der Waals surface area contributed by atoms with Gasteiger partial charge in [0.2, 0.25) is 0 Å². The zero-order chi connectivity index (χ0) is 22.9. The Balaban J connectivity index is 1.14. The average Bonchev–Trinajstić information content (AvgIpc) is 3.34. The third-order valence-corrected chi connectivity index (χ3v) is 7.32. The highest BCUT2D eigenvalue weighted by atomic mass is 32.2. The number of nitrogens with one attached hydrogen (secondary N) is 2. The summed E-state index contributed by atoms with van der Waals surface area (Å²) in [4.78, 5) is 15.8. The van der Waals surface area contributed by atoms with Crippen molar-refractivity contribution in [1.29, 1.82) is 0 Å². The van der Waals surface area contributed by atoms with E-state index in [4.69, 9.17) is 4.74 Å². The first-order valence-electron chi connectivity index (χ1n) is 12.0. The maximum absolute atomic E-state index is 12.3. The number of ether oxygens (including phenoxy) is 1. The van der Waals surface area contributed by atoms with Crippen molar-refractivity contribution >= 4 is 17.9 Å². The summed E-state index contributed by atoms with van der Waals surface area (Å²) in [5.74, 6) is 1.39. The number of amides is 1. The fourth-order valence-corrected chi connectivity index (χ4v) is 5.53. The first kappa shape index (κ1) is 24.1. The van der Waals surface area contributed by atoms with Crippen LogP contribution in [0.3, 0.4) is 0 Å². The number of benzene rings is 2. The van der Waals surface area contributed by atoms with Crippen molar-refractivity contribution < 1.29 is 9.53 Å². The molecule has 1 saturated heterocycles. The van der Waals surface area contributed by atoms with Gasteiger partial charge in [-0.25, -0.2) is 4.31 Å². The molecule has 2 aliphatic rings. The minimum atomic E-state index is -0.0656. The molecule has 33 heavy (non-hydrogen) atoms. The Hall–Kier alpha value is -2.06. The zero-order valence-corrected chi connectivity index (χ0v) is 20.4. The van der Waals surface area contributed by atoms with Crippen molar-refractivity contribution in [3.05, 3.63) is 59.7 Å². The van der Waals surface area contributed by atoms with Gasteiger partial charge >= 0.3 is 0 Å². The zero-order valence-electron chi connectivity index (χ0n) is 19.6. The maximum atomic E-state index is 12.3. The summed E-state index contributed by atoms with van der Waals surface area (Å²) in [6.45, 7) is 7.06. The Morgan fingerprint density at radius 2 is 2.03 bits per heavy atom. The number of nitrogens with zero attached hydrogens (tertiary/aromatic N) is 2. The fraction of sp³-hybridized carbons (Fsp3) is 0.500. The van der Waals surface area contributed by atoms with Gasteiger partial charge in [0.1, 0.15) is 5.75 Å². The molecule has 1 unspecified atom stereocenters. The van der Waals surface area contributed by atoms with Crippen LogP contribution in [-0.4, -0.2) is 68.0 Å². The SMILES string of the molecule is CN(CC1CCNC1)Sc1ccccc1OCC(=O)NCCCN1CCc2ccccc2C1. The van der Waals surface area contributed by atoms with Crippen molar-refractivity contribution in [2.75, 3.05) is 52.9 Å². The topological polar surface area (TPSA) is 56.8 Å². The van der Waals surface area contributed by atoms with Crippen molar-refractivity contribution in [3.8, 4) is 5.75 Å². The molecule has 7 heteroatoms. The first-order chi connectivity index (χ1) is 16.2. The van der Waals surface area contributed by atoms with Crippen LogP contribution in [0.5, 0.6) is 5.75 Å². The monoisotopic (exact) mass is 468 g/mol. The Bertz CT molecular complexity index is 903. The van der Waals surface area contributed by atoms with Gasteiger partial charge in [-0.3, -0.25) is 9.69 Å². The van der Waals surface area contributed by atoms with E-state index >= 15 is 0 Å². The molecule has 0 aromatic heterocycles. The van der Waals surface area contributed by atoms with E-state index in [0.717, 1.165) is 62.8 Å². The van der Waals surface area contributed by atoms with Crippen LogP contribution in [0.1, 0.15) is 24.0 Å². The number of carbonyl (C=O) groups excluding carboxylic acids is 1. The van der Waals surface area contributed by atoms with E-state index in [1.54, 1.807) is 11.9 Å². The molecule has 1 fully saturated rings. The van der Waals surface area contributed by atoms with Crippen molar-refractivity contribution in [1.82, 2.24) is 19.8 Å². The van der Waals surface area contributed by atoms with E-state index in [1.807, 2.05) is 18.2 Å². The molecule has 178 valence electrons. The lowest BCUT2D eigenvalue weighted by atomic mass is 10.00. The molecule has 2 aromatic carbocycles. The van der Waals surface area contributed by atoms with Gasteiger partial charge in [-0.15, -0.1) is 0 Å². The molecule has 0 radical (unpaired) electrons. The highest BCUT2D eigenvalue weighted by Crippen LogP contribution is 2.31. The second-order valence-electron chi connectivity index (χ2n) is 8.99. The molecule has 2 heterocycles. The van der Waals surface area contributed by atoms with E-state index in [-0.39, 0.29) is 12.5 Å². The summed E-state index contributed by atoms with van der Waals surface area (Å²) < 4.78 is 8.14. The van der Waals surface area contributed by atoms with Crippen LogP contribution in [-0.2, 0) is 17.8 Å². The molecule has 0 bridgehead atoms. The summed E-state index contributed by atoms with van der Waals surface area (Å²) in [7, 11) is 2.12. The van der Waals surface area contributed by atoms with Crippen LogP contribution in [0.25, 0.3) is 0 Å². The van der Waals surface area contributed by atoms with Crippen molar-refractivity contribution in [3.63, 3.8) is 0 Å². The number of carbonyl (C=O) groups is 1. The smallest absolute Gasteiger partial charge is 0.257 e. The van der Waals surface area contributed by atoms with E-state index in [2.05, 4.69) is 57.2 Å². The lowest BCUT2D eigenvalue weighted by Gasteiger charge is -2.28. The lowest BCUT2D eigenvalue weighted by molar-refractivity contribution is -0.123. The Morgan fingerprint density at radius 3 is 2.88 bits per heavy atom. The third kappa shape index (κ3) is 7.47. The van der Waals surface area contributed by atoms with Gasteiger partial charge in [-0.1, -0.05) is 36.4 Å². The van der Waals surface area contributed by atoms with Crippen LogP contribution in [0.15, 0.2) is 53.4 Å². The van der Waals surface area contributed by atoms with Crippen LogP contribution < -0.4 is 15.4 Å². The van der Waals surface area contributed by atoms with Gasteiger partial charge in [0.15, 0.2) is 6.61 Å². The highest BCUT2D eigenvalue weighted by Gasteiger charge is 2.18. The van der Waals surface area contributed by atoms with Gasteiger partial charge in [-0.05, 0) is 80.5 Å². The minimum Gasteiger partial charge on any atom is -0.483 e. The fourth-order valence-electron chi connectivity index (χ4n) is 4.55. The molecule has 1 amide bonds. The molecule has 4 rings (SSSR count). The van der Waals surface area contributed by atoms with Crippen LogP contribution in [0.2, 0.25) is 0 Å². The molecule has 1 atom stereocenters. The van der Waals surface area contributed by atoms with E-state index in [0.29, 0.717) is 12.5 Å². The van der Waals surface area contributed by atoms with E-state index in [9.17, 15) is 4.79 Å². The second kappa shape index (κ2) is 12.4. The van der Waals surface area contributed by atoms with E-state index < -0.39 is 0 Å². The number of para-hydroxylation sites is 1. The lowest BCUT2D eigenvalue weighted by Crippen LogP contribution is -2.35. The number of fused-ring (bicyclic) bond motifs is 1. The predicted octanol–water partition coefficient (Wildman–Crippen LogP) is 3.18. The number of rotatable bonds is 11. The molecule has 0 aliphatic carbocycles. The average molecular weight is 469 g/mol. The Morgan fingerprint density at radius 1 is 1.21 bits per heavy atom. The second-order valence-corrected chi connectivity index (χ2v) is 10.2. The summed E-state index contributed by atoms with van der Waals surface area (Å²) in [6, 6.07) is 16.6.